The molecular formula is C36H53O. The fourth-order valence-electron chi connectivity index (χ4n) is 6.06. The van der Waals surface area contributed by atoms with Gasteiger partial charge in [0.15, 0.2) is 0 Å². The standard InChI is InChI=1S/C36H51.H2O/c1-10-31-16-13-27(7)21-36(31)34-23-33(20-28(8)19-30-14-11-26(6)12-15-30)35(22-29(34)9)32(17-24(2)3)18-25(4)5;/h11-12,14-16,21-25,28,32H,10,13,17-20H2,1-9H3;1H2/b36-34+;. The van der Waals surface area contributed by atoms with Crippen LogP contribution in [-0.2, 0) is 6.42 Å². The summed E-state index contributed by atoms with van der Waals surface area (Å²) in [5.74, 6) is 2.66. The molecule has 0 fully saturated rings. The van der Waals surface area contributed by atoms with Crippen molar-refractivity contribution in [2.75, 3.05) is 0 Å². The molecule has 0 heterocycles. The maximum absolute atomic E-state index is 2.60. The van der Waals surface area contributed by atoms with Gasteiger partial charge in [-0.2, -0.15) is 0 Å². The van der Waals surface area contributed by atoms with Crippen molar-refractivity contribution in [1.29, 1.82) is 0 Å². The summed E-state index contributed by atoms with van der Waals surface area (Å²) in [7, 11) is 0. The van der Waals surface area contributed by atoms with Crippen molar-refractivity contribution in [1.82, 2.24) is 0 Å². The second kappa shape index (κ2) is 14.1. The summed E-state index contributed by atoms with van der Waals surface area (Å²) in [5.41, 5.74) is 13.3. The zero-order chi connectivity index (χ0) is 26.4. The molecule has 3 rings (SSSR count). The van der Waals surface area contributed by atoms with Gasteiger partial charge in [-0.15, -0.1) is 0 Å². The van der Waals surface area contributed by atoms with E-state index in [2.05, 4.69) is 111 Å². The highest BCUT2D eigenvalue weighted by molar-refractivity contribution is 5.63. The smallest absolute Gasteiger partial charge is 0.0170 e. The average Bonchev–Trinajstić information content (AvgIpc) is 2.80. The quantitative estimate of drug-likeness (QED) is 0.305. The predicted octanol–water partition coefficient (Wildman–Crippen LogP) is 9.89. The molecule has 203 valence electrons. The highest BCUT2D eigenvalue weighted by Gasteiger charge is 2.27. The third kappa shape index (κ3) is 8.71. The van der Waals surface area contributed by atoms with Gasteiger partial charge in [0.2, 0.25) is 0 Å². The van der Waals surface area contributed by atoms with E-state index < -0.39 is 0 Å². The van der Waals surface area contributed by atoms with Crippen LogP contribution in [0.15, 0.2) is 81.5 Å². The van der Waals surface area contributed by atoms with Gasteiger partial charge in [0.1, 0.15) is 0 Å². The molecule has 1 aromatic rings. The van der Waals surface area contributed by atoms with Gasteiger partial charge in [-0.1, -0.05) is 101 Å². The van der Waals surface area contributed by atoms with E-state index in [0.29, 0.717) is 23.7 Å². The van der Waals surface area contributed by atoms with Crippen LogP contribution in [0.5, 0.6) is 0 Å². The van der Waals surface area contributed by atoms with Crippen molar-refractivity contribution < 1.29 is 5.48 Å². The molecule has 0 saturated carbocycles. The Morgan fingerprint density at radius 3 is 1.97 bits per heavy atom. The predicted molar refractivity (Wildman–Crippen MR) is 164 cm³/mol. The fourth-order valence-corrected chi connectivity index (χ4v) is 6.06. The Balaban J connectivity index is 0.00000481. The molecule has 0 aromatic heterocycles. The van der Waals surface area contributed by atoms with Crippen LogP contribution >= 0.6 is 0 Å². The molecule has 0 amide bonds. The maximum Gasteiger partial charge on any atom is 0.0170 e. The van der Waals surface area contributed by atoms with Gasteiger partial charge in [-0.05, 0) is 116 Å². The monoisotopic (exact) mass is 501 g/mol. The normalized spacial score (nSPS) is 19.2. The second-order valence-electron chi connectivity index (χ2n) is 12.5. The molecule has 37 heavy (non-hydrogen) atoms. The second-order valence-corrected chi connectivity index (χ2v) is 12.5. The van der Waals surface area contributed by atoms with Gasteiger partial charge in [0, 0.05) is 6.42 Å². The van der Waals surface area contributed by atoms with Crippen molar-refractivity contribution in [3.8, 4) is 0 Å². The van der Waals surface area contributed by atoms with E-state index in [1.807, 2.05) is 0 Å². The van der Waals surface area contributed by atoms with Crippen molar-refractivity contribution in [3.05, 3.63) is 99.1 Å². The lowest BCUT2D eigenvalue weighted by molar-refractivity contribution is 0.386. The van der Waals surface area contributed by atoms with Crippen molar-refractivity contribution in [2.24, 2.45) is 23.7 Å². The molecule has 0 saturated heterocycles. The van der Waals surface area contributed by atoms with E-state index >= 15 is 0 Å². The van der Waals surface area contributed by atoms with E-state index in [1.165, 1.54) is 51.8 Å². The van der Waals surface area contributed by atoms with Crippen LogP contribution in [0.2, 0.25) is 0 Å². The summed E-state index contributed by atoms with van der Waals surface area (Å²) in [6, 6.07) is 9.15. The SMILES string of the molecule is CCC1=CCC(C)=C/C1=C1/[CH]C(CC(C)Cc2ccc(C)cc2)=C(C(CC(C)C)CC(C)C)C=C1C.O. The summed E-state index contributed by atoms with van der Waals surface area (Å²) in [6.07, 6.45) is 17.1. The van der Waals surface area contributed by atoms with E-state index in [9.17, 15) is 0 Å². The van der Waals surface area contributed by atoms with Crippen molar-refractivity contribution in [3.63, 3.8) is 0 Å². The Bertz CT molecular complexity index is 1040. The molecule has 1 heteroatoms. The third-order valence-corrected chi connectivity index (χ3v) is 7.79. The first-order valence-corrected chi connectivity index (χ1v) is 14.5. The first kappa shape index (κ1) is 31.1. The molecular weight excluding hydrogens is 448 g/mol. The highest BCUT2D eigenvalue weighted by atomic mass is 16.0. The van der Waals surface area contributed by atoms with Gasteiger partial charge in [-0.25, -0.2) is 0 Å². The lowest BCUT2D eigenvalue weighted by atomic mass is 9.73. The van der Waals surface area contributed by atoms with Crippen LogP contribution in [0.3, 0.4) is 0 Å². The van der Waals surface area contributed by atoms with Crippen LogP contribution in [0.4, 0.5) is 0 Å². The molecule has 2 aliphatic carbocycles. The van der Waals surface area contributed by atoms with Crippen LogP contribution in [0.25, 0.3) is 0 Å². The summed E-state index contributed by atoms with van der Waals surface area (Å²) >= 11 is 0. The molecule has 2 N–H and O–H groups in total. The van der Waals surface area contributed by atoms with Crippen LogP contribution in [-0.4, -0.2) is 5.48 Å². The largest absolute Gasteiger partial charge is 0.412 e. The van der Waals surface area contributed by atoms with E-state index in [0.717, 1.165) is 25.7 Å². The number of allylic oxidation sites excluding steroid dienone is 10. The summed E-state index contributed by atoms with van der Waals surface area (Å²) in [5, 5.41) is 0. The highest BCUT2D eigenvalue weighted by Crippen LogP contribution is 2.42. The number of hydrogen-bond donors (Lipinski definition) is 0. The molecule has 0 bridgehead atoms. The Morgan fingerprint density at radius 2 is 1.41 bits per heavy atom. The summed E-state index contributed by atoms with van der Waals surface area (Å²) < 4.78 is 0. The summed E-state index contributed by atoms with van der Waals surface area (Å²) in [6.45, 7) is 21.1. The molecule has 0 spiro atoms. The van der Waals surface area contributed by atoms with Gasteiger partial charge < -0.3 is 5.48 Å². The van der Waals surface area contributed by atoms with Crippen LogP contribution in [0.1, 0.15) is 98.6 Å². The van der Waals surface area contributed by atoms with Gasteiger partial charge >= 0.3 is 0 Å². The number of benzene rings is 1. The molecule has 1 nitrogen and oxygen atoms in total. The van der Waals surface area contributed by atoms with Crippen LogP contribution in [0, 0.1) is 37.0 Å². The molecule has 1 atom stereocenters. The average molecular weight is 502 g/mol. The minimum absolute atomic E-state index is 0. The fraction of sp³-hybridized carbons (Fsp3) is 0.528. The van der Waals surface area contributed by atoms with E-state index in [1.54, 1.807) is 11.1 Å². The Labute approximate surface area is 228 Å². The zero-order valence-electron chi connectivity index (χ0n) is 25.2. The maximum atomic E-state index is 2.60. The molecule has 0 aliphatic heterocycles. The first-order valence-electron chi connectivity index (χ1n) is 14.5. The van der Waals surface area contributed by atoms with Gasteiger partial charge in [-0.3, -0.25) is 0 Å². The van der Waals surface area contributed by atoms with Crippen molar-refractivity contribution in [2.45, 2.75) is 101 Å². The Kier molecular flexibility index (Phi) is 11.9. The molecule has 2 aliphatic rings. The van der Waals surface area contributed by atoms with Crippen molar-refractivity contribution >= 4 is 0 Å². The van der Waals surface area contributed by atoms with E-state index in [4.69, 9.17) is 0 Å². The molecule has 1 aromatic carbocycles. The lowest BCUT2D eigenvalue weighted by Gasteiger charge is -2.32. The lowest BCUT2D eigenvalue weighted by Crippen LogP contribution is -2.17. The minimum Gasteiger partial charge on any atom is -0.412 e. The Hall–Kier alpha value is -2.12. The minimum atomic E-state index is 0. The van der Waals surface area contributed by atoms with Gasteiger partial charge in [0.25, 0.3) is 0 Å². The van der Waals surface area contributed by atoms with E-state index in [-0.39, 0.29) is 5.48 Å². The molecule has 1 radical (unpaired) electrons. The topological polar surface area (TPSA) is 31.5 Å². The number of hydrogen-bond acceptors (Lipinski definition) is 0. The Morgan fingerprint density at radius 1 is 0.784 bits per heavy atom. The van der Waals surface area contributed by atoms with Crippen LogP contribution < -0.4 is 0 Å². The zero-order valence-corrected chi connectivity index (χ0v) is 25.2. The number of aryl methyl sites for hydroxylation is 1. The molecule has 1 unspecified atom stereocenters. The summed E-state index contributed by atoms with van der Waals surface area (Å²) in [4.78, 5) is 0. The third-order valence-electron chi connectivity index (χ3n) is 7.79. The first-order chi connectivity index (χ1) is 17.1. The number of rotatable bonds is 10. The van der Waals surface area contributed by atoms with Gasteiger partial charge in [0.05, 0.1) is 0 Å².